The first-order chi connectivity index (χ1) is 22.7. The van der Waals surface area contributed by atoms with E-state index in [1.807, 2.05) is 36.1 Å². The number of nitrogens with one attached hydrogen (secondary N) is 1. The zero-order chi connectivity index (χ0) is 34.4. The first kappa shape index (κ1) is 33.0. The number of carbonyl (C=O) groups excluding carboxylic acids is 2. The van der Waals surface area contributed by atoms with Crippen molar-refractivity contribution in [3.05, 3.63) is 94.8 Å². The SMILES string of the molecule is Cc1ccc(-n2nc(C3(C)CC3)cc2NC(=O)N(OS(C)(=O)=O)c2cnc(N3CCN(C(=O)c4c(F)cccc4F)CC3)c(C)c2)cc1. The van der Waals surface area contributed by atoms with Crippen molar-refractivity contribution in [2.24, 2.45) is 0 Å². The normalized spacial score (nSPS) is 15.7. The number of anilines is 3. The molecule has 12 nitrogen and oxygen atoms in total. The van der Waals surface area contributed by atoms with Crippen molar-refractivity contribution in [1.82, 2.24) is 19.7 Å². The molecule has 0 atom stereocenters. The standard InChI is InChI=1S/C33H35F2N7O5S/c1-21-8-10-23(11-9-21)41-28(19-27(38-41)33(3)12-13-33)37-32(44)42(47-48(4,45)46)24-18-22(2)30(36-20-24)39-14-16-40(17-15-39)31(43)29-25(34)6-5-7-26(29)35/h5-11,18-20H,12-17H2,1-4H3,(H,37,44). The number of carbonyl (C=O) groups is 2. The Morgan fingerprint density at radius 2 is 1.62 bits per heavy atom. The molecular weight excluding hydrogens is 644 g/mol. The van der Waals surface area contributed by atoms with Crippen LogP contribution in [0.15, 0.2) is 60.8 Å². The maximum Gasteiger partial charge on any atom is 0.352 e. The van der Waals surface area contributed by atoms with Crippen LogP contribution in [0.5, 0.6) is 0 Å². The molecule has 3 heterocycles. The van der Waals surface area contributed by atoms with E-state index in [2.05, 4.69) is 17.2 Å². The fraction of sp³-hybridized carbons (Fsp3) is 0.333. The lowest BCUT2D eigenvalue weighted by molar-refractivity contribution is 0.0736. The smallest absolute Gasteiger partial charge is 0.352 e. The zero-order valence-electron chi connectivity index (χ0n) is 26.9. The molecule has 1 aliphatic carbocycles. The predicted octanol–water partition coefficient (Wildman–Crippen LogP) is 5.11. The van der Waals surface area contributed by atoms with Crippen LogP contribution in [0.2, 0.25) is 0 Å². The van der Waals surface area contributed by atoms with Gasteiger partial charge in [0.1, 0.15) is 28.8 Å². The largest absolute Gasteiger partial charge is 0.353 e. The molecule has 1 saturated carbocycles. The van der Waals surface area contributed by atoms with Crippen LogP contribution in [-0.4, -0.2) is 72.5 Å². The Balaban J connectivity index is 1.22. The summed E-state index contributed by atoms with van der Waals surface area (Å²) in [5.74, 6) is -1.71. The van der Waals surface area contributed by atoms with Crippen molar-refractivity contribution in [2.75, 3.05) is 47.7 Å². The van der Waals surface area contributed by atoms with E-state index in [0.717, 1.165) is 42.5 Å². The van der Waals surface area contributed by atoms with Gasteiger partial charge in [-0.1, -0.05) is 30.7 Å². The van der Waals surface area contributed by atoms with E-state index in [1.54, 1.807) is 23.7 Å². The Bertz CT molecular complexity index is 1970. The van der Waals surface area contributed by atoms with E-state index < -0.39 is 39.3 Å². The quantitative estimate of drug-likeness (QED) is 0.255. The van der Waals surface area contributed by atoms with Gasteiger partial charge >= 0.3 is 6.03 Å². The van der Waals surface area contributed by atoms with Crippen molar-refractivity contribution in [1.29, 1.82) is 0 Å². The zero-order valence-corrected chi connectivity index (χ0v) is 27.7. The Morgan fingerprint density at radius 3 is 2.21 bits per heavy atom. The van der Waals surface area contributed by atoms with Crippen LogP contribution in [0.4, 0.5) is 30.9 Å². The summed E-state index contributed by atoms with van der Waals surface area (Å²) in [5, 5.41) is 8.16. The van der Waals surface area contributed by atoms with E-state index in [4.69, 9.17) is 9.38 Å². The van der Waals surface area contributed by atoms with Gasteiger partial charge in [-0.2, -0.15) is 18.6 Å². The highest BCUT2D eigenvalue weighted by Gasteiger charge is 2.42. The van der Waals surface area contributed by atoms with Crippen LogP contribution < -0.4 is 15.3 Å². The van der Waals surface area contributed by atoms with E-state index in [9.17, 15) is 26.8 Å². The number of nitrogens with zero attached hydrogens (tertiary/aromatic N) is 6. The van der Waals surface area contributed by atoms with Gasteiger partial charge in [-0.25, -0.2) is 23.2 Å². The summed E-state index contributed by atoms with van der Waals surface area (Å²) in [6.07, 6.45) is 4.06. The number of aromatic nitrogens is 3. The fourth-order valence-electron chi connectivity index (χ4n) is 5.56. The van der Waals surface area contributed by atoms with Crippen molar-refractivity contribution in [3.8, 4) is 5.69 Å². The first-order valence-electron chi connectivity index (χ1n) is 15.4. The number of amides is 3. The summed E-state index contributed by atoms with van der Waals surface area (Å²) in [6, 6.07) is 13.4. The van der Waals surface area contributed by atoms with E-state index in [-0.39, 0.29) is 24.2 Å². The van der Waals surface area contributed by atoms with Gasteiger partial charge in [0.2, 0.25) is 0 Å². The maximum absolute atomic E-state index is 14.2. The highest BCUT2D eigenvalue weighted by molar-refractivity contribution is 7.86. The van der Waals surface area contributed by atoms with Gasteiger partial charge in [-0.15, -0.1) is 4.28 Å². The highest BCUT2D eigenvalue weighted by atomic mass is 32.2. The Kier molecular flexibility index (Phi) is 8.68. The number of piperazine rings is 1. The molecule has 1 N–H and O–H groups in total. The third-order valence-electron chi connectivity index (χ3n) is 8.55. The van der Waals surface area contributed by atoms with Crippen LogP contribution in [0.1, 0.15) is 46.9 Å². The fourth-order valence-corrected chi connectivity index (χ4v) is 5.98. The summed E-state index contributed by atoms with van der Waals surface area (Å²) >= 11 is 0. The number of hydrogen-bond acceptors (Lipinski definition) is 8. The minimum absolute atomic E-state index is 0.0544. The maximum atomic E-state index is 14.2. The highest BCUT2D eigenvalue weighted by Crippen LogP contribution is 2.47. The number of halogens is 2. The molecule has 0 radical (unpaired) electrons. The molecule has 0 bridgehead atoms. The van der Waals surface area contributed by atoms with Gasteiger partial charge in [0.25, 0.3) is 16.0 Å². The molecular formula is C33H35F2N7O5S. The lowest BCUT2D eigenvalue weighted by atomic mass is 10.1. The third kappa shape index (κ3) is 6.87. The van der Waals surface area contributed by atoms with Crippen LogP contribution in [0.25, 0.3) is 5.69 Å². The second-order valence-electron chi connectivity index (χ2n) is 12.4. The molecule has 252 valence electrons. The van der Waals surface area contributed by atoms with Crippen LogP contribution in [0, 0.1) is 25.5 Å². The van der Waals surface area contributed by atoms with Gasteiger partial charge in [0, 0.05) is 37.7 Å². The van der Waals surface area contributed by atoms with Gasteiger partial charge in [0.05, 0.1) is 29.5 Å². The molecule has 6 rings (SSSR count). The predicted molar refractivity (Wildman–Crippen MR) is 176 cm³/mol. The van der Waals surface area contributed by atoms with Gasteiger partial charge in [-0.3, -0.25) is 10.1 Å². The summed E-state index contributed by atoms with van der Waals surface area (Å²) in [4.78, 5) is 34.3. The molecule has 0 spiro atoms. The molecule has 15 heteroatoms. The average Bonchev–Trinajstić information content (AvgIpc) is 3.65. The summed E-state index contributed by atoms with van der Waals surface area (Å²) in [6.45, 7) is 6.82. The van der Waals surface area contributed by atoms with Crippen molar-refractivity contribution in [3.63, 3.8) is 0 Å². The summed E-state index contributed by atoms with van der Waals surface area (Å²) in [7, 11) is -4.16. The molecule has 2 aromatic heterocycles. The Labute approximate surface area is 277 Å². The molecule has 3 amide bonds. The number of aryl methyl sites for hydroxylation is 2. The van der Waals surface area contributed by atoms with E-state index in [0.29, 0.717) is 41.0 Å². The molecule has 4 aromatic rings. The number of hydroxylamine groups is 1. The summed E-state index contributed by atoms with van der Waals surface area (Å²) < 4.78 is 59.8. The molecule has 2 fully saturated rings. The Morgan fingerprint density at radius 1 is 0.979 bits per heavy atom. The van der Waals surface area contributed by atoms with E-state index in [1.165, 1.54) is 17.2 Å². The molecule has 2 aromatic carbocycles. The van der Waals surface area contributed by atoms with Crippen molar-refractivity contribution in [2.45, 2.75) is 39.0 Å². The molecule has 1 saturated heterocycles. The second-order valence-corrected chi connectivity index (χ2v) is 14.0. The van der Waals surface area contributed by atoms with Crippen molar-refractivity contribution >= 4 is 39.4 Å². The number of rotatable bonds is 8. The average molecular weight is 680 g/mol. The number of pyridine rings is 1. The number of hydrogen-bond donors (Lipinski definition) is 1. The monoisotopic (exact) mass is 679 g/mol. The molecule has 48 heavy (non-hydrogen) atoms. The van der Waals surface area contributed by atoms with Crippen LogP contribution >= 0.6 is 0 Å². The topological polar surface area (TPSA) is 130 Å². The first-order valence-corrected chi connectivity index (χ1v) is 17.2. The minimum atomic E-state index is -4.16. The van der Waals surface area contributed by atoms with Crippen molar-refractivity contribution < 1.29 is 31.1 Å². The Hall–Kier alpha value is -4.89. The molecule has 0 unspecified atom stereocenters. The van der Waals surface area contributed by atoms with Gasteiger partial charge in [-0.05, 0) is 62.6 Å². The number of benzene rings is 2. The van der Waals surface area contributed by atoms with Crippen LogP contribution in [-0.2, 0) is 19.8 Å². The minimum Gasteiger partial charge on any atom is -0.353 e. The summed E-state index contributed by atoms with van der Waals surface area (Å²) in [5.41, 5.74) is 2.52. The van der Waals surface area contributed by atoms with Gasteiger partial charge in [0.15, 0.2) is 0 Å². The van der Waals surface area contributed by atoms with E-state index >= 15 is 0 Å². The van der Waals surface area contributed by atoms with Gasteiger partial charge < -0.3 is 9.80 Å². The molecule has 2 aliphatic rings. The molecule has 1 aliphatic heterocycles. The number of urea groups is 1. The third-order valence-corrected chi connectivity index (χ3v) is 8.97. The lowest BCUT2D eigenvalue weighted by Crippen LogP contribution is -2.49. The van der Waals surface area contributed by atoms with Crippen LogP contribution in [0.3, 0.4) is 0 Å². The lowest BCUT2D eigenvalue weighted by Gasteiger charge is -2.36. The second kappa shape index (κ2) is 12.6.